The van der Waals surface area contributed by atoms with Crippen LogP contribution in [0.2, 0.25) is 0 Å². The molecule has 5 rings (SSSR count). The van der Waals surface area contributed by atoms with Gasteiger partial charge in [-0.3, -0.25) is 15.1 Å². The third-order valence-electron chi connectivity index (χ3n) is 6.34. The van der Waals surface area contributed by atoms with Gasteiger partial charge in [-0.25, -0.2) is 14.2 Å². The highest BCUT2D eigenvalue weighted by Crippen LogP contribution is 2.40. The maximum absolute atomic E-state index is 15.9. The number of halogens is 1. The number of aromatic nitrogens is 2. The molecule has 0 saturated carbocycles. The Morgan fingerprint density at radius 3 is 2.49 bits per heavy atom. The topological polar surface area (TPSA) is 90.5 Å². The number of anilines is 1. The van der Waals surface area contributed by atoms with Crippen LogP contribution in [0.3, 0.4) is 0 Å². The molecule has 2 aromatic carbocycles. The normalized spacial score (nSPS) is 14.1. The summed E-state index contributed by atoms with van der Waals surface area (Å²) in [5.41, 5.74) is 3.09. The molecule has 0 unspecified atom stereocenters. The molecule has 1 aliphatic heterocycles. The van der Waals surface area contributed by atoms with E-state index in [1.807, 2.05) is 37.1 Å². The zero-order chi connectivity index (χ0) is 25.9. The Hall–Kier alpha value is -3.89. The molecule has 10 heteroatoms. The van der Waals surface area contributed by atoms with E-state index < -0.39 is 11.8 Å². The number of rotatable bonds is 5. The monoisotopic (exact) mass is 518 g/mol. The van der Waals surface area contributed by atoms with Gasteiger partial charge in [-0.2, -0.15) is 0 Å². The van der Waals surface area contributed by atoms with Gasteiger partial charge in [0.1, 0.15) is 5.52 Å². The Labute approximate surface area is 218 Å². The van der Waals surface area contributed by atoms with Crippen LogP contribution in [-0.2, 0) is 0 Å². The number of thiazole rings is 1. The highest BCUT2D eigenvalue weighted by Gasteiger charge is 2.22. The minimum absolute atomic E-state index is 0.0229. The molecule has 8 nitrogen and oxygen atoms in total. The Balaban J connectivity index is 1.53. The fourth-order valence-electron chi connectivity index (χ4n) is 4.31. The average Bonchev–Trinajstić information content (AvgIpc) is 3.34. The first-order valence-electron chi connectivity index (χ1n) is 12.1. The number of nitrogens with zero attached hydrogens (tertiary/aromatic N) is 4. The fraction of sp³-hybridized carbons (Fsp3) is 0.259. The van der Waals surface area contributed by atoms with Crippen molar-refractivity contribution in [3.63, 3.8) is 0 Å². The molecule has 1 fully saturated rings. The van der Waals surface area contributed by atoms with Crippen LogP contribution in [0.25, 0.3) is 32.6 Å². The first kappa shape index (κ1) is 24.8. The smallest absolute Gasteiger partial charge is 0.321 e. The Morgan fingerprint density at radius 1 is 1.05 bits per heavy atom. The van der Waals surface area contributed by atoms with Gasteiger partial charge in [-0.15, -0.1) is 0 Å². The number of fused-ring (bicyclic) bond motifs is 1. The lowest BCUT2D eigenvalue weighted by atomic mass is 9.98. The van der Waals surface area contributed by atoms with E-state index in [2.05, 4.69) is 25.5 Å². The number of carbonyl (C=O) groups excluding carboxylic acids is 2. The van der Waals surface area contributed by atoms with Gasteiger partial charge in [0, 0.05) is 55.6 Å². The Morgan fingerprint density at radius 2 is 1.81 bits per heavy atom. The highest BCUT2D eigenvalue weighted by molar-refractivity contribution is 7.22. The van der Waals surface area contributed by atoms with Crippen LogP contribution in [0.5, 0.6) is 0 Å². The summed E-state index contributed by atoms with van der Waals surface area (Å²) in [5.74, 6) is -0.515. The quantitative estimate of drug-likeness (QED) is 0.400. The lowest BCUT2D eigenvalue weighted by Gasteiger charge is -2.32. The lowest BCUT2D eigenvalue weighted by Crippen LogP contribution is -2.47. The van der Waals surface area contributed by atoms with Crippen molar-refractivity contribution in [1.82, 2.24) is 25.1 Å². The van der Waals surface area contributed by atoms with Crippen molar-refractivity contribution in [2.24, 2.45) is 0 Å². The highest BCUT2D eigenvalue weighted by atomic mass is 32.1. The number of likely N-dealkylation sites (N-methyl/N-ethyl adjacent to an activating group) is 1. The van der Waals surface area contributed by atoms with E-state index >= 15 is 4.39 Å². The molecule has 0 aliphatic carbocycles. The third kappa shape index (κ3) is 5.16. The van der Waals surface area contributed by atoms with Crippen molar-refractivity contribution in [2.45, 2.75) is 6.92 Å². The minimum atomic E-state index is -0.493. The molecular weight excluding hydrogens is 491 g/mol. The number of benzene rings is 2. The second-order valence-electron chi connectivity index (χ2n) is 8.85. The second-order valence-corrected chi connectivity index (χ2v) is 9.85. The maximum Gasteiger partial charge on any atom is 0.321 e. The molecule has 0 bridgehead atoms. The molecule has 2 aromatic heterocycles. The summed E-state index contributed by atoms with van der Waals surface area (Å²) < 4.78 is 16.4. The van der Waals surface area contributed by atoms with Gasteiger partial charge in [0.05, 0.1) is 10.4 Å². The van der Waals surface area contributed by atoms with E-state index in [0.29, 0.717) is 57.4 Å². The first-order chi connectivity index (χ1) is 17.9. The fourth-order valence-corrected chi connectivity index (χ4v) is 5.29. The number of hydrogen-bond acceptors (Lipinski definition) is 6. The number of pyridine rings is 1. The van der Waals surface area contributed by atoms with Gasteiger partial charge >= 0.3 is 6.03 Å². The van der Waals surface area contributed by atoms with Crippen LogP contribution < -0.4 is 10.6 Å². The van der Waals surface area contributed by atoms with Gasteiger partial charge in [0.2, 0.25) is 0 Å². The lowest BCUT2D eigenvalue weighted by molar-refractivity contribution is 0.0664. The summed E-state index contributed by atoms with van der Waals surface area (Å²) in [6.07, 6.45) is 1.68. The number of amides is 3. The summed E-state index contributed by atoms with van der Waals surface area (Å²) >= 11 is 1.20. The number of carbonyl (C=O) groups is 2. The van der Waals surface area contributed by atoms with Crippen LogP contribution in [0.1, 0.15) is 17.3 Å². The Kier molecular flexibility index (Phi) is 7.11. The van der Waals surface area contributed by atoms with Crippen LogP contribution in [0.4, 0.5) is 14.3 Å². The van der Waals surface area contributed by atoms with E-state index in [9.17, 15) is 9.59 Å². The van der Waals surface area contributed by atoms with Crippen molar-refractivity contribution in [3.05, 3.63) is 66.1 Å². The largest absolute Gasteiger partial charge is 0.338 e. The number of urea groups is 1. The Bertz CT molecular complexity index is 1430. The summed E-state index contributed by atoms with van der Waals surface area (Å²) in [6, 6.07) is 13.9. The van der Waals surface area contributed by atoms with Gasteiger partial charge < -0.3 is 15.1 Å². The second kappa shape index (κ2) is 10.6. The molecule has 0 atom stereocenters. The van der Waals surface area contributed by atoms with E-state index in [1.165, 1.54) is 11.3 Å². The predicted octanol–water partition coefficient (Wildman–Crippen LogP) is 4.69. The van der Waals surface area contributed by atoms with Crippen molar-refractivity contribution < 1.29 is 14.0 Å². The molecule has 3 amide bonds. The average molecular weight is 519 g/mol. The number of nitrogens with one attached hydrogen (secondary N) is 2. The summed E-state index contributed by atoms with van der Waals surface area (Å²) in [4.78, 5) is 37.9. The zero-order valence-corrected chi connectivity index (χ0v) is 21.4. The summed E-state index contributed by atoms with van der Waals surface area (Å²) in [5, 5.41) is 5.62. The summed E-state index contributed by atoms with van der Waals surface area (Å²) in [7, 11) is 2.04. The van der Waals surface area contributed by atoms with Crippen molar-refractivity contribution in [2.75, 3.05) is 45.1 Å². The van der Waals surface area contributed by atoms with E-state index in [4.69, 9.17) is 0 Å². The third-order valence-corrected chi connectivity index (χ3v) is 7.34. The van der Waals surface area contributed by atoms with Gasteiger partial charge in [-0.05, 0) is 49.9 Å². The summed E-state index contributed by atoms with van der Waals surface area (Å²) in [6.45, 7) is 5.33. The molecule has 37 heavy (non-hydrogen) atoms. The van der Waals surface area contributed by atoms with Gasteiger partial charge in [-0.1, -0.05) is 29.5 Å². The molecule has 1 aliphatic rings. The van der Waals surface area contributed by atoms with Crippen molar-refractivity contribution in [1.29, 1.82) is 0 Å². The van der Waals surface area contributed by atoms with E-state index in [-0.39, 0.29) is 11.4 Å². The molecule has 1 saturated heterocycles. The van der Waals surface area contributed by atoms with Crippen LogP contribution >= 0.6 is 11.3 Å². The standard InChI is InChI=1S/C27H27FN6O2S/c1-3-29-26(36)32-27-31-23-22(28)19(16-20(24(23)37-27)21-6-4-5-11-30-21)17-7-9-18(10-8-17)25(35)34-14-12-33(2)13-15-34/h4-11,16H,3,12-15H2,1-2H3,(H2,29,31,32,36). The first-order valence-corrected chi connectivity index (χ1v) is 12.9. The maximum atomic E-state index is 15.9. The predicted molar refractivity (Wildman–Crippen MR) is 144 cm³/mol. The molecule has 0 radical (unpaired) electrons. The van der Waals surface area contributed by atoms with Gasteiger partial charge in [0.15, 0.2) is 10.9 Å². The number of hydrogen-bond donors (Lipinski definition) is 2. The van der Waals surface area contributed by atoms with E-state index in [1.54, 1.807) is 36.5 Å². The van der Waals surface area contributed by atoms with Crippen LogP contribution in [0.15, 0.2) is 54.7 Å². The molecule has 4 aromatic rings. The molecule has 3 heterocycles. The van der Waals surface area contributed by atoms with Crippen LogP contribution in [0, 0.1) is 5.82 Å². The zero-order valence-electron chi connectivity index (χ0n) is 20.6. The van der Waals surface area contributed by atoms with Gasteiger partial charge in [0.25, 0.3) is 5.91 Å². The van der Waals surface area contributed by atoms with E-state index in [0.717, 1.165) is 13.1 Å². The van der Waals surface area contributed by atoms with Crippen LogP contribution in [-0.4, -0.2) is 71.5 Å². The molecular formula is C27H27FN6O2S. The SMILES string of the molecule is CCNC(=O)Nc1nc2c(F)c(-c3ccc(C(=O)N4CCN(C)CC4)cc3)cc(-c3ccccn3)c2s1. The molecule has 2 N–H and O–H groups in total. The van der Waals surface area contributed by atoms with Crippen molar-refractivity contribution in [3.8, 4) is 22.4 Å². The minimum Gasteiger partial charge on any atom is -0.338 e. The molecule has 0 spiro atoms. The van der Waals surface area contributed by atoms with Crippen molar-refractivity contribution >= 4 is 38.6 Å². The number of piperazine rings is 1. The molecule has 190 valence electrons.